The maximum Gasteiger partial charge on any atom is 0.123 e. The minimum Gasteiger partial charge on any atom is -0.309 e. The molecule has 0 fully saturated rings. The molecule has 0 bridgehead atoms. The second-order valence-electron chi connectivity index (χ2n) is 4.76. The highest BCUT2D eigenvalue weighted by atomic mass is 127. The Bertz CT molecular complexity index is 575. The fraction of sp³-hybridized carbons (Fsp3) is 0.250. The third kappa shape index (κ3) is 3.15. The van der Waals surface area contributed by atoms with Crippen LogP contribution < -0.4 is 5.32 Å². The third-order valence-corrected chi connectivity index (χ3v) is 4.69. The van der Waals surface area contributed by atoms with Gasteiger partial charge in [0.25, 0.3) is 0 Å². The van der Waals surface area contributed by atoms with Crippen molar-refractivity contribution in [2.24, 2.45) is 0 Å². The van der Waals surface area contributed by atoms with Crippen LogP contribution in [0.2, 0.25) is 0 Å². The molecule has 100 valence electrons. The van der Waals surface area contributed by atoms with Crippen LogP contribution in [0.15, 0.2) is 36.4 Å². The molecule has 0 aromatic heterocycles. The first kappa shape index (κ1) is 14.5. The first-order chi connectivity index (χ1) is 9.02. The highest BCUT2D eigenvalue weighted by Crippen LogP contribution is 2.28. The number of aryl methyl sites for hydroxylation is 2. The van der Waals surface area contributed by atoms with Gasteiger partial charge in [0.05, 0.1) is 6.04 Å². The van der Waals surface area contributed by atoms with Crippen LogP contribution in [-0.2, 0) is 0 Å². The molecule has 3 heteroatoms. The van der Waals surface area contributed by atoms with E-state index >= 15 is 0 Å². The number of hydrogen-bond acceptors (Lipinski definition) is 1. The van der Waals surface area contributed by atoms with Crippen LogP contribution in [0.1, 0.15) is 28.3 Å². The molecule has 0 spiro atoms. The van der Waals surface area contributed by atoms with Crippen molar-refractivity contribution < 1.29 is 4.39 Å². The molecule has 0 aliphatic heterocycles. The Labute approximate surface area is 127 Å². The largest absolute Gasteiger partial charge is 0.309 e. The molecule has 0 heterocycles. The van der Waals surface area contributed by atoms with Crippen LogP contribution in [0.5, 0.6) is 0 Å². The van der Waals surface area contributed by atoms with Gasteiger partial charge in [-0.25, -0.2) is 4.39 Å². The van der Waals surface area contributed by atoms with Gasteiger partial charge in [-0.1, -0.05) is 24.3 Å². The summed E-state index contributed by atoms with van der Waals surface area (Å²) < 4.78 is 14.8. The highest BCUT2D eigenvalue weighted by molar-refractivity contribution is 14.1. The number of rotatable bonds is 3. The molecular formula is C16H17FIN. The van der Waals surface area contributed by atoms with Crippen molar-refractivity contribution in [2.45, 2.75) is 19.9 Å². The molecule has 0 aliphatic rings. The van der Waals surface area contributed by atoms with Crippen LogP contribution in [0.3, 0.4) is 0 Å². The molecule has 0 aliphatic carbocycles. The molecule has 1 N–H and O–H groups in total. The number of hydrogen-bond donors (Lipinski definition) is 1. The van der Waals surface area contributed by atoms with Crippen molar-refractivity contribution >= 4 is 22.6 Å². The summed E-state index contributed by atoms with van der Waals surface area (Å²) >= 11 is 2.35. The molecule has 1 atom stereocenters. The first-order valence-electron chi connectivity index (χ1n) is 6.22. The van der Waals surface area contributed by atoms with E-state index in [-0.39, 0.29) is 11.9 Å². The number of benzene rings is 2. The van der Waals surface area contributed by atoms with Gasteiger partial charge >= 0.3 is 0 Å². The second-order valence-corrected chi connectivity index (χ2v) is 5.84. The summed E-state index contributed by atoms with van der Waals surface area (Å²) in [6.45, 7) is 4.01. The Kier molecular flexibility index (Phi) is 4.58. The lowest BCUT2D eigenvalue weighted by molar-refractivity contribution is 0.615. The fourth-order valence-electron chi connectivity index (χ4n) is 2.33. The number of halogens is 2. The van der Waals surface area contributed by atoms with E-state index in [1.165, 1.54) is 14.7 Å². The molecule has 0 saturated heterocycles. The standard InChI is InChI=1S/C16H17FIN/c1-10-7-12(9-13(17)8-10)16(19-3)14-6-4-5-11(2)15(14)18/h4-9,16,19H,1-3H3. The smallest absolute Gasteiger partial charge is 0.123 e. The summed E-state index contributed by atoms with van der Waals surface area (Å²) in [5, 5.41) is 3.29. The van der Waals surface area contributed by atoms with Crippen molar-refractivity contribution in [1.29, 1.82) is 0 Å². The first-order valence-corrected chi connectivity index (χ1v) is 7.30. The van der Waals surface area contributed by atoms with E-state index in [4.69, 9.17) is 0 Å². The van der Waals surface area contributed by atoms with Crippen LogP contribution in [0.25, 0.3) is 0 Å². The summed E-state index contributed by atoms with van der Waals surface area (Å²) in [5.41, 5.74) is 4.33. The molecule has 19 heavy (non-hydrogen) atoms. The van der Waals surface area contributed by atoms with Crippen LogP contribution in [-0.4, -0.2) is 7.05 Å². The van der Waals surface area contributed by atoms with E-state index in [1.807, 2.05) is 26.1 Å². The van der Waals surface area contributed by atoms with E-state index < -0.39 is 0 Å². The molecular weight excluding hydrogens is 352 g/mol. The lowest BCUT2D eigenvalue weighted by Gasteiger charge is -2.20. The molecule has 0 amide bonds. The number of nitrogens with one attached hydrogen (secondary N) is 1. The molecule has 0 radical (unpaired) electrons. The van der Waals surface area contributed by atoms with Gasteiger partial charge < -0.3 is 5.32 Å². The minimum absolute atomic E-state index is 0.0150. The van der Waals surface area contributed by atoms with Crippen molar-refractivity contribution in [2.75, 3.05) is 7.05 Å². The molecule has 2 aromatic carbocycles. The van der Waals surface area contributed by atoms with Gasteiger partial charge in [-0.2, -0.15) is 0 Å². The van der Waals surface area contributed by atoms with Gasteiger partial charge in [-0.3, -0.25) is 0 Å². The van der Waals surface area contributed by atoms with Gasteiger partial charge in [0.1, 0.15) is 5.82 Å². The van der Waals surface area contributed by atoms with Crippen LogP contribution >= 0.6 is 22.6 Å². The average molecular weight is 369 g/mol. The summed E-state index contributed by atoms with van der Waals surface area (Å²) in [6, 6.07) is 11.4. The molecule has 2 aromatic rings. The van der Waals surface area contributed by atoms with Crippen LogP contribution in [0, 0.1) is 23.2 Å². The predicted octanol–water partition coefficient (Wildman–Crippen LogP) is 4.36. The lowest BCUT2D eigenvalue weighted by Crippen LogP contribution is -2.19. The van der Waals surface area contributed by atoms with Crippen molar-refractivity contribution in [3.05, 3.63) is 68.0 Å². The summed E-state index contributed by atoms with van der Waals surface area (Å²) in [5.74, 6) is -0.182. The van der Waals surface area contributed by atoms with E-state index in [0.29, 0.717) is 0 Å². The molecule has 2 rings (SSSR count). The SMILES string of the molecule is CNC(c1cc(C)cc(F)c1)c1cccc(C)c1I. The quantitative estimate of drug-likeness (QED) is 0.793. The van der Waals surface area contributed by atoms with E-state index in [0.717, 1.165) is 11.1 Å². The van der Waals surface area contributed by atoms with Gasteiger partial charge in [0.15, 0.2) is 0 Å². The van der Waals surface area contributed by atoms with E-state index in [1.54, 1.807) is 12.1 Å². The highest BCUT2D eigenvalue weighted by Gasteiger charge is 2.16. The lowest BCUT2D eigenvalue weighted by atomic mass is 9.96. The minimum atomic E-state index is -0.182. The van der Waals surface area contributed by atoms with Crippen LogP contribution in [0.4, 0.5) is 4.39 Å². The average Bonchev–Trinajstić information content (AvgIpc) is 2.34. The maximum atomic E-state index is 13.6. The van der Waals surface area contributed by atoms with Gasteiger partial charge in [0, 0.05) is 3.57 Å². The third-order valence-electron chi connectivity index (χ3n) is 3.22. The topological polar surface area (TPSA) is 12.0 Å². The zero-order valence-electron chi connectivity index (χ0n) is 11.3. The van der Waals surface area contributed by atoms with Crippen molar-refractivity contribution in [3.63, 3.8) is 0 Å². The Morgan fingerprint density at radius 2 is 1.89 bits per heavy atom. The van der Waals surface area contributed by atoms with Gasteiger partial charge in [-0.05, 0) is 77.9 Å². The Morgan fingerprint density at radius 3 is 2.53 bits per heavy atom. The normalized spacial score (nSPS) is 12.5. The molecule has 0 saturated carbocycles. The maximum absolute atomic E-state index is 13.6. The van der Waals surface area contributed by atoms with Crippen molar-refractivity contribution in [3.8, 4) is 0 Å². The zero-order valence-corrected chi connectivity index (χ0v) is 13.5. The Hall–Kier alpha value is -0.940. The van der Waals surface area contributed by atoms with Gasteiger partial charge in [-0.15, -0.1) is 0 Å². The second kappa shape index (κ2) is 6.01. The Morgan fingerprint density at radius 1 is 1.16 bits per heavy atom. The molecule has 1 unspecified atom stereocenters. The Balaban J connectivity index is 2.53. The van der Waals surface area contributed by atoms with E-state index in [9.17, 15) is 4.39 Å². The summed E-state index contributed by atoms with van der Waals surface area (Å²) in [4.78, 5) is 0. The molecule has 1 nitrogen and oxygen atoms in total. The summed E-state index contributed by atoms with van der Waals surface area (Å²) in [7, 11) is 1.91. The zero-order chi connectivity index (χ0) is 14.0. The predicted molar refractivity (Wildman–Crippen MR) is 85.9 cm³/mol. The monoisotopic (exact) mass is 369 g/mol. The van der Waals surface area contributed by atoms with Gasteiger partial charge in [0.2, 0.25) is 0 Å². The summed E-state index contributed by atoms with van der Waals surface area (Å²) in [6.07, 6.45) is 0. The van der Waals surface area contributed by atoms with Crippen molar-refractivity contribution in [1.82, 2.24) is 5.32 Å². The fourth-order valence-corrected chi connectivity index (χ4v) is 3.00. The van der Waals surface area contributed by atoms with E-state index in [2.05, 4.69) is 47.0 Å².